The van der Waals surface area contributed by atoms with Gasteiger partial charge in [-0.1, -0.05) is 203 Å². The Labute approximate surface area is 612 Å². The van der Waals surface area contributed by atoms with Crippen molar-refractivity contribution in [3.63, 3.8) is 0 Å². The van der Waals surface area contributed by atoms with Gasteiger partial charge in [-0.15, -0.1) is 0 Å². The van der Waals surface area contributed by atoms with Crippen molar-refractivity contribution in [1.82, 2.24) is 0 Å². The number of aryl methyl sites for hydroxylation is 2. The first-order valence-electron chi connectivity index (χ1n) is 38.5. The Morgan fingerprint density at radius 1 is 0.320 bits per heavy atom. The number of esters is 2. The van der Waals surface area contributed by atoms with Crippen molar-refractivity contribution in [2.45, 2.75) is 214 Å². The molecular weight excluding hydrogens is 1300 g/mol. The molecule has 2 unspecified atom stereocenters. The lowest BCUT2D eigenvalue weighted by atomic mass is 9.83. The summed E-state index contributed by atoms with van der Waals surface area (Å²) in [5.41, 5.74) is 7.72. The highest BCUT2D eigenvalue weighted by atomic mass is 19.1. The van der Waals surface area contributed by atoms with Crippen LogP contribution in [-0.4, -0.2) is 51.6 Å². The van der Waals surface area contributed by atoms with Gasteiger partial charge in [0.05, 0.1) is 51.5 Å². The molecule has 546 valence electrons. The van der Waals surface area contributed by atoms with Crippen molar-refractivity contribution in [2.24, 2.45) is 23.7 Å². The van der Waals surface area contributed by atoms with Crippen molar-refractivity contribution in [3.8, 4) is 70.4 Å². The number of fused-ring (bicyclic) bond motifs is 2. The summed E-state index contributed by atoms with van der Waals surface area (Å²) in [5.74, 6) is 23.3. The van der Waals surface area contributed by atoms with Gasteiger partial charge in [0.1, 0.15) is 0 Å². The molecule has 0 N–H and O–H groups in total. The van der Waals surface area contributed by atoms with E-state index in [1.54, 1.807) is 48.5 Å². The summed E-state index contributed by atoms with van der Waals surface area (Å²) in [4.78, 5) is 27.1. The first kappa shape index (κ1) is 79.9. The zero-order valence-corrected chi connectivity index (χ0v) is 61.4. The lowest BCUT2D eigenvalue weighted by Crippen LogP contribution is -2.35. The molecule has 1 saturated carbocycles. The van der Waals surface area contributed by atoms with Gasteiger partial charge in [0.2, 0.25) is 0 Å². The van der Waals surface area contributed by atoms with Gasteiger partial charge in [-0.2, -0.15) is 0 Å². The highest BCUT2D eigenvalue weighted by molar-refractivity contribution is 5.84. The standard InChI is InChI=1S/C91H106F4O8/c1-5-9-55-98-84-51-41-70(63-80(84)92)35-33-68-37-45-74(47-39-72-43-53-86(82(94)65-72)100-57-11-7-3)76(61-68)31-27-23-19-15-13-17-21-25-29-59-102-90(96)88-78-49-50-79(67-78)89(88)91(97)103-60-30-26-22-18-14-16-20-24-28-32-77-62-69(34-36-71-42-52-85(81(93)64-71)99-56-10-6-2)38-46-75(77)48-40-73-44-54-87(83(95)66-73)101-58-12-8-4/h37-38,41-46,49-54,61-66,78-79,88-89H,5-32,55-60,67H2,1-4H3/t78?,79?,88-,89-/m1/s1. The molecule has 6 aromatic rings. The van der Waals surface area contributed by atoms with Crippen LogP contribution in [-0.2, 0) is 31.9 Å². The number of halogens is 4. The Morgan fingerprint density at radius 3 is 0.874 bits per heavy atom. The number of carbonyl (C=O) groups excluding carboxylic acids is 2. The maximum Gasteiger partial charge on any atom is 0.310 e. The van der Waals surface area contributed by atoms with Crippen molar-refractivity contribution in [3.05, 3.63) is 200 Å². The van der Waals surface area contributed by atoms with Gasteiger partial charge >= 0.3 is 11.9 Å². The van der Waals surface area contributed by atoms with E-state index in [4.69, 9.17) is 28.4 Å². The number of carbonyl (C=O) groups is 2. The van der Waals surface area contributed by atoms with Crippen LogP contribution in [0, 0.1) is 94.3 Å². The molecule has 12 heteroatoms. The molecule has 0 aliphatic heterocycles. The summed E-state index contributed by atoms with van der Waals surface area (Å²) in [6.07, 6.45) is 32.5. The average molecular weight is 1400 g/mol. The third-order valence-corrected chi connectivity index (χ3v) is 19.0. The second kappa shape index (κ2) is 45.3. The van der Waals surface area contributed by atoms with E-state index >= 15 is 0 Å². The van der Waals surface area contributed by atoms with E-state index in [1.165, 1.54) is 24.3 Å². The van der Waals surface area contributed by atoms with Crippen LogP contribution in [0.5, 0.6) is 23.0 Å². The first-order valence-corrected chi connectivity index (χ1v) is 38.5. The Morgan fingerprint density at radius 2 is 0.583 bits per heavy atom. The second-order valence-corrected chi connectivity index (χ2v) is 27.3. The van der Waals surface area contributed by atoms with E-state index < -0.39 is 35.1 Å². The van der Waals surface area contributed by atoms with E-state index in [2.05, 4.69) is 99.3 Å². The van der Waals surface area contributed by atoms with Crippen LogP contribution in [0.1, 0.15) is 257 Å². The van der Waals surface area contributed by atoms with Crippen molar-refractivity contribution < 1.29 is 55.6 Å². The summed E-state index contributed by atoms with van der Waals surface area (Å²) in [6, 6.07) is 31.2. The highest BCUT2D eigenvalue weighted by Gasteiger charge is 2.53. The summed E-state index contributed by atoms with van der Waals surface area (Å²) in [7, 11) is 0. The molecule has 0 radical (unpaired) electrons. The number of hydrogen-bond acceptors (Lipinski definition) is 8. The van der Waals surface area contributed by atoms with Crippen LogP contribution >= 0.6 is 0 Å². The molecule has 0 heterocycles. The fraction of sp³-hybridized carbons (Fsp3) is 0.473. The third-order valence-electron chi connectivity index (χ3n) is 19.0. The summed E-state index contributed by atoms with van der Waals surface area (Å²) in [6.45, 7) is 10.8. The lowest BCUT2D eigenvalue weighted by molar-refractivity contribution is -0.161. The van der Waals surface area contributed by atoms with Crippen LogP contribution in [0.4, 0.5) is 17.6 Å². The molecular formula is C91H106F4O8. The Bertz CT molecular complexity index is 3700. The molecule has 8 rings (SSSR count). The minimum absolute atomic E-state index is 0.0106. The fourth-order valence-corrected chi connectivity index (χ4v) is 13.0. The van der Waals surface area contributed by atoms with Crippen LogP contribution in [0.3, 0.4) is 0 Å². The normalized spacial score (nSPS) is 14.6. The largest absolute Gasteiger partial charge is 0.491 e. The van der Waals surface area contributed by atoms with Crippen molar-refractivity contribution in [2.75, 3.05) is 39.6 Å². The Balaban J connectivity index is 0.694. The number of benzene rings is 6. The highest BCUT2D eigenvalue weighted by Crippen LogP contribution is 2.49. The van der Waals surface area contributed by atoms with E-state index in [9.17, 15) is 27.2 Å². The molecule has 4 atom stereocenters. The maximum absolute atomic E-state index is 14.9. The SMILES string of the molecule is CCCCOc1ccc(C#Cc2ccc(C#Cc3ccc(OCCCC)c(F)c3)c(CCCCCCCCCCCOC(=O)[C@@H]3C4C=CC(C4)[C@H]3C(=O)OCCCCCCCCCCCc3cc(C#Cc4ccc(OCCCC)c(F)c4)ccc3C#Cc3ccc(OCCCC)c(F)c3)c2)cc1F. The zero-order chi connectivity index (χ0) is 72.6. The van der Waals surface area contributed by atoms with Gasteiger partial charge < -0.3 is 28.4 Å². The average Bonchev–Trinajstić information content (AvgIpc) is 1.61. The van der Waals surface area contributed by atoms with E-state index in [0.717, 1.165) is 220 Å². The first-order chi connectivity index (χ1) is 50.4. The van der Waals surface area contributed by atoms with Crippen LogP contribution in [0.2, 0.25) is 0 Å². The molecule has 0 spiro atoms. The second-order valence-electron chi connectivity index (χ2n) is 27.3. The monoisotopic (exact) mass is 1400 g/mol. The molecule has 2 aliphatic rings. The smallest absolute Gasteiger partial charge is 0.310 e. The number of hydrogen-bond donors (Lipinski definition) is 0. The molecule has 0 amide bonds. The van der Waals surface area contributed by atoms with Gasteiger partial charge in [0.15, 0.2) is 46.3 Å². The maximum atomic E-state index is 14.9. The topological polar surface area (TPSA) is 89.5 Å². The van der Waals surface area contributed by atoms with E-state index in [-0.39, 0.29) is 46.8 Å². The van der Waals surface area contributed by atoms with Gasteiger partial charge in [0, 0.05) is 44.5 Å². The zero-order valence-electron chi connectivity index (χ0n) is 61.4. The van der Waals surface area contributed by atoms with Gasteiger partial charge in [-0.05, 0) is 203 Å². The molecule has 6 aromatic carbocycles. The number of unbranched alkanes of at least 4 members (excludes halogenated alkanes) is 20. The predicted molar refractivity (Wildman–Crippen MR) is 404 cm³/mol. The van der Waals surface area contributed by atoms with Crippen molar-refractivity contribution in [1.29, 1.82) is 0 Å². The summed E-state index contributed by atoms with van der Waals surface area (Å²) < 4.78 is 93.6. The van der Waals surface area contributed by atoms with Gasteiger partial charge in [-0.25, -0.2) is 17.6 Å². The molecule has 0 saturated heterocycles. The van der Waals surface area contributed by atoms with Crippen molar-refractivity contribution >= 4 is 11.9 Å². The lowest BCUT2D eigenvalue weighted by Gasteiger charge is -2.25. The third kappa shape index (κ3) is 27.4. The van der Waals surface area contributed by atoms with Crippen LogP contribution in [0.15, 0.2) is 121 Å². The minimum atomic E-state index is -0.490. The van der Waals surface area contributed by atoms with Crippen LogP contribution < -0.4 is 18.9 Å². The predicted octanol–water partition coefficient (Wildman–Crippen LogP) is 21.9. The molecule has 8 nitrogen and oxygen atoms in total. The summed E-state index contributed by atoms with van der Waals surface area (Å²) in [5, 5.41) is 0. The Hall–Kier alpha value is -8.84. The van der Waals surface area contributed by atoms with E-state index in [0.29, 0.717) is 61.9 Å². The quantitative estimate of drug-likeness (QED) is 0.0123. The number of ether oxygens (including phenoxy) is 6. The van der Waals surface area contributed by atoms with Crippen LogP contribution in [0.25, 0.3) is 0 Å². The molecule has 0 aromatic heterocycles. The molecule has 2 aliphatic carbocycles. The number of allylic oxidation sites excluding steroid dienone is 2. The van der Waals surface area contributed by atoms with Gasteiger partial charge in [-0.3, -0.25) is 9.59 Å². The number of rotatable bonds is 42. The Kier molecular flexibility index (Phi) is 35.1. The minimum Gasteiger partial charge on any atom is -0.491 e. The molecule has 1 fully saturated rings. The summed E-state index contributed by atoms with van der Waals surface area (Å²) >= 11 is 0. The fourth-order valence-electron chi connectivity index (χ4n) is 13.0. The molecule has 103 heavy (non-hydrogen) atoms. The van der Waals surface area contributed by atoms with Gasteiger partial charge in [0.25, 0.3) is 0 Å². The molecule has 2 bridgehead atoms. The van der Waals surface area contributed by atoms with E-state index in [1.807, 2.05) is 24.3 Å².